The summed E-state index contributed by atoms with van der Waals surface area (Å²) in [6.07, 6.45) is 0.591. The zero-order valence-corrected chi connectivity index (χ0v) is 9.68. The Labute approximate surface area is 99.5 Å². The van der Waals surface area contributed by atoms with Crippen molar-refractivity contribution in [2.75, 3.05) is 18.5 Å². The molecular formula is C12H16N2O3. The molecule has 0 saturated heterocycles. The van der Waals surface area contributed by atoms with E-state index in [-0.39, 0.29) is 12.2 Å². The van der Waals surface area contributed by atoms with Gasteiger partial charge in [0, 0.05) is 36.4 Å². The van der Waals surface area contributed by atoms with Crippen molar-refractivity contribution in [1.82, 2.24) is 0 Å². The summed E-state index contributed by atoms with van der Waals surface area (Å²) in [4.78, 5) is 12.7. The second kappa shape index (κ2) is 4.25. The van der Waals surface area contributed by atoms with Gasteiger partial charge in [0.1, 0.15) is 5.75 Å². The second-order valence-electron chi connectivity index (χ2n) is 4.38. The zero-order chi connectivity index (χ0) is 12.6. The van der Waals surface area contributed by atoms with E-state index >= 15 is 0 Å². The van der Waals surface area contributed by atoms with Crippen molar-refractivity contribution in [3.63, 3.8) is 0 Å². The van der Waals surface area contributed by atoms with E-state index in [1.165, 1.54) is 0 Å². The van der Waals surface area contributed by atoms with Crippen molar-refractivity contribution in [3.8, 4) is 5.75 Å². The largest absolute Gasteiger partial charge is 0.507 e. The number of nitrogens with two attached hydrogens (primary N) is 1. The molecule has 4 N–H and O–H groups in total. The average Bonchev–Trinajstić information content (AvgIpc) is 2.61. The molecular weight excluding hydrogens is 220 g/mol. The minimum Gasteiger partial charge on any atom is -0.507 e. The van der Waals surface area contributed by atoms with Crippen LogP contribution < -0.4 is 10.6 Å². The van der Waals surface area contributed by atoms with Gasteiger partial charge in [-0.25, -0.2) is 0 Å². The smallest absolute Gasteiger partial charge is 0.305 e. The van der Waals surface area contributed by atoms with Crippen LogP contribution in [0.3, 0.4) is 0 Å². The van der Waals surface area contributed by atoms with Gasteiger partial charge in [0.25, 0.3) is 0 Å². The molecule has 2 rings (SSSR count). The molecule has 1 heterocycles. The van der Waals surface area contributed by atoms with Crippen LogP contribution in [0.1, 0.15) is 23.6 Å². The lowest BCUT2D eigenvalue weighted by atomic mass is 9.99. The first-order valence-corrected chi connectivity index (χ1v) is 5.54. The van der Waals surface area contributed by atoms with E-state index in [9.17, 15) is 9.90 Å². The molecule has 0 fully saturated rings. The Morgan fingerprint density at radius 3 is 2.94 bits per heavy atom. The van der Waals surface area contributed by atoms with E-state index in [1.807, 2.05) is 13.1 Å². The Kier molecular flexibility index (Phi) is 2.93. The van der Waals surface area contributed by atoms with Crippen molar-refractivity contribution in [2.24, 2.45) is 5.73 Å². The van der Waals surface area contributed by atoms with E-state index in [0.717, 1.165) is 24.2 Å². The van der Waals surface area contributed by atoms with Crippen molar-refractivity contribution < 1.29 is 15.0 Å². The van der Waals surface area contributed by atoms with Gasteiger partial charge in [-0.05, 0) is 12.5 Å². The first-order valence-electron chi connectivity index (χ1n) is 5.54. The second-order valence-corrected chi connectivity index (χ2v) is 4.38. The molecule has 0 bridgehead atoms. The lowest BCUT2D eigenvalue weighted by Gasteiger charge is -2.16. The molecule has 92 valence electrons. The molecule has 17 heavy (non-hydrogen) atoms. The lowest BCUT2D eigenvalue weighted by molar-refractivity contribution is -0.137. The summed E-state index contributed by atoms with van der Waals surface area (Å²) in [6, 6.07) is 2.94. The summed E-state index contributed by atoms with van der Waals surface area (Å²) in [5, 5.41) is 18.8. The normalized spacial score (nSPS) is 15.8. The maximum atomic E-state index is 10.6. The number of rotatable bonds is 3. The molecule has 0 radical (unpaired) electrons. The number of carbonyl (C=O) groups is 1. The van der Waals surface area contributed by atoms with Gasteiger partial charge in [-0.3, -0.25) is 4.79 Å². The summed E-state index contributed by atoms with van der Waals surface area (Å²) in [5.41, 5.74) is 8.15. The van der Waals surface area contributed by atoms with Crippen molar-refractivity contribution in [2.45, 2.75) is 18.9 Å². The molecule has 1 atom stereocenters. The molecule has 0 saturated carbocycles. The van der Waals surface area contributed by atoms with Crippen LogP contribution in [-0.4, -0.2) is 29.8 Å². The van der Waals surface area contributed by atoms with Gasteiger partial charge in [0.05, 0.1) is 6.42 Å². The number of anilines is 1. The molecule has 0 amide bonds. The fourth-order valence-corrected chi connectivity index (χ4v) is 2.25. The summed E-state index contributed by atoms with van der Waals surface area (Å²) >= 11 is 0. The standard InChI is InChI=1S/C12H16N2O3/c1-14-5-4-8-10(14)3-2-7(12(8)17)9(13)6-11(15)16/h2-3,9,17H,4-6,13H2,1H3,(H,15,16). The number of hydrogen-bond donors (Lipinski definition) is 3. The van der Waals surface area contributed by atoms with Gasteiger partial charge < -0.3 is 20.8 Å². The van der Waals surface area contributed by atoms with E-state index in [1.54, 1.807) is 6.07 Å². The third-order valence-corrected chi connectivity index (χ3v) is 3.19. The Hall–Kier alpha value is -1.75. The lowest BCUT2D eigenvalue weighted by Crippen LogP contribution is -2.15. The molecule has 0 aliphatic carbocycles. The highest BCUT2D eigenvalue weighted by Crippen LogP contribution is 2.38. The average molecular weight is 236 g/mol. The quantitative estimate of drug-likeness (QED) is 0.724. The van der Waals surface area contributed by atoms with E-state index in [0.29, 0.717) is 5.56 Å². The van der Waals surface area contributed by atoms with E-state index in [4.69, 9.17) is 10.8 Å². The third-order valence-electron chi connectivity index (χ3n) is 3.19. The number of carboxylic acids is 1. The maximum absolute atomic E-state index is 10.6. The molecule has 1 aromatic rings. The SMILES string of the molecule is CN1CCc2c1ccc(C(N)CC(=O)O)c2O. The molecule has 5 nitrogen and oxygen atoms in total. The minimum atomic E-state index is -0.963. The van der Waals surface area contributed by atoms with Crippen LogP contribution in [0, 0.1) is 0 Å². The predicted molar refractivity (Wildman–Crippen MR) is 64.3 cm³/mol. The fraction of sp³-hybridized carbons (Fsp3) is 0.417. The summed E-state index contributed by atoms with van der Waals surface area (Å²) in [6.45, 7) is 0.862. The Bertz CT molecular complexity index is 459. The van der Waals surface area contributed by atoms with Gasteiger partial charge in [0.15, 0.2) is 0 Å². The van der Waals surface area contributed by atoms with E-state index < -0.39 is 12.0 Å². The summed E-state index contributed by atoms with van der Waals surface area (Å²) in [5.74, 6) is -0.810. The molecule has 0 spiro atoms. The van der Waals surface area contributed by atoms with Gasteiger partial charge in [-0.15, -0.1) is 0 Å². The van der Waals surface area contributed by atoms with Crippen LogP contribution in [0.15, 0.2) is 12.1 Å². The highest BCUT2D eigenvalue weighted by Gasteiger charge is 2.23. The van der Waals surface area contributed by atoms with Gasteiger partial charge in [-0.2, -0.15) is 0 Å². The number of phenols is 1. The van der Waals surface area contributed by atoms with Gasteiger partial charge in [-0.1, -0.05) is 6.07 Å². The van der Waals surface area contributed by atoms with Crippen molar-refractivity contribution in [1.29, 1.82) is 0 Å². The molecule has 1 unspecified atom stereocenters. The number of likely N-dealkylation sites (N-methyl/N-ethyl adjacent to an activating group) is 1. The molecule has 0 aromatic heterocycles. The van der Waals surface area contributed by atoms with Crippen LogP contribution >= 0.6 is 0 Å². The number of carboxylic acid groups (broad SMARTS) is 1. The number of hydrogen-bond acceptors (Lipinski definition) is 4. The Balaban J connectivity index is 2.35. The first kappa shape index (κ1) is 11.7. The van der Waals surface area contributed by atoms with Crippen molar-refractivity contribution >= 4 is 11.7 Å². The zero-order valence-electron chi connectivity index (χ0n) is 9.68. The molecule has 1 aliphatic rings. The van der Waals surface area contributed by atoms with Gasteiger partial charge >= 0.3 is 5.97 Å². The van der Waals surface area contributed by atoms with Crippen LogP contribution in [0.4, 0.5) is 5.69 Å². The molecule has 5 heteroatoms. The number of nitrogens with zero attached hydrogens (tertiary/aromatic N) is 1. The van der Waals surface area contributed by atoms with Crippen LogP contribution in [0.25, 0.3) is 0 Å². The van der Waals surface area contributed by atoms with E-state index in [2.05, 4.69) is 4.90 Å². The van der Waals surface area contributed by atoms with Crippen LogP contribution in [0.5, 0.6) is 5.75 Å². The number of aliphatic carboxylic acids is 1. The highest BCUT2D eigenvalue weighted by atomic mass is 16.4. The number of benzene rings is 1. The monoisotopic (exact) mass is 236 g/mol. The Morgan fingerprint density at radius 2 is 2.29 bits per heavy atom. The third kappa shape index (κ3) is 2.06. The number of aromatic hydroxyl groups is 1. The molecule has 1 aromatic carbocycles. The molecule has 1 aliphatic heterocycles. The maximum Gasteiger partial charge on any atom is 0.305 e. The Morgan fingerprint density at radius 1 is 1.59 bits per heavy atom. The topological polar surface area (TPSA) is 86.8 Å². The predicted octanol–water partition coefficient (Wildman–Crippen LogP) is 0.859. The summed E-state index contributed by atoms with van der Waals surface area (Å²) < 4.78 is 0. The van der Waals surface area contributed by atoms with Crippen LogP contribution in [-0.2, 0) is 11.2 Å². The fourth-order valence-electron chi connectivity index (χ4n) is 2.25. The number of fused-ring (bicyclic) bond motifs is 1. The van der Waals surface area contributed by atoms with Crippen LogP contribution in [0.2, 0.25) is 0 Å². The van der Waals surface area contributed by atoms with Gasteiger partial charge in [0.2, 0.25) is 0 Å². The minimum absolute atomic E-state index is 0.153. The first-order chi connectivity index (χ1) is 8.00. The van der Waals surface area contributed by atoms with Crippen molar-refractivity contribution in [3.05, 3.63) is 23.3 Å². The number of phenolic OH excluding ortho intramolecular Hbond substituents is 1. The highest BCUT2D eigenvalue weighted by molar-refractivity contribution is 5.69. The summed E-state index contributed by atoms with van der Waals surface area (Å²) in [7, 11) is 1.96.